The molecule has 3 aliphatic rings. The van der Waals surface area contributed by atoms with Crippen LogP contribution in [0.2, 0.25) is 0 Å². The van der Waals surface area contributed by atoms with Gasteiger partial charge in [0.05, 0.1) is 12.6 Å². The van der Waals surface area contributed by atoms with Gasteiger partial charge in [0.1, 0.15) is 0 Å². The minimum absolute atomic E-state index is 0.0712. The van der Waals surface area contributed by atoms with E-state index in [-0.39, 0.29) is 17.9 Å². The van der Waals surface area contributed by atoms with Gasteiger partial charge in [-0.1, -0.05) is 0 Å². The lowest BCUT2D eigenvalue weighted by Crippen LogP contribution is -2.53. The van der Waals surface area contributed by atoms with Crippen LogP contribution in [0.5, 0.6) is 0 Å². The van der Waals surface area contributed by atoms with Crippen molar-refractivity contribution in [3.8, 4) is 0 Å². The summed E-state index contributed by atoms with van der Waals surface area (Å²) in [5.74, 6) is 0.983. The molecular formula is C15H26N4O2. The molecule has 2 amide bonds. The highest BCUT2D eigenvalue weighted by molar-refractivity contribution is 5.84. The number of hydrogen-bond donors (Lipinski definition) is 2. The van der Waals surface area contributed by atoms with Gasteiger partial charge in [0.15, 0.2) is 0 Å². The highest BCUT2D eigenvalue weighted by Gasteiger charge is 2.35. The van der Waals surface area contributed by atoms with Crippen LogP contribution in [0.25, 0.3) is 0 Å². The molecule has 2 saturated heterocycles. The van der Waals surface area contributed by atoms with Crippen LogP contribution in [0.1, 0.15) is 25.7 Å². The zero-order valence-corrected chi connectivity index (χ0v) is 12.6. The number of amides is 2. The van der Waals surface area contributed by atoms with Gasteiger partial charge in [0, 0.05) is 32.7 Å². The fraction of sp³-hybridized carbons (Fsp3) is 0.867. The molecule has 3 fully saturated rings. The Morgan fingerprint density at radius 3 is 2.57 bits per heavy atom. The number of piperazine rings is 1. The summed E-state index contributed by atoms with van der Waals surface area (Å²) >= 11 is 0. The van der Waals surface area contributed by atoms with Crippen LogP contribution in [0, 0.1) is 5.92 Å². The van der Waals surface area contributed by atoms with Crippen molar-refractivity contribution in [2.24, 2.45) is 5.92 Å². The Morgan fingerprint density at radius 2 is 1.86 bits per heavy atom. The van der Waals surface area contributed by atoms with E-state index in [2.05, 4.69) is 15.5 Å². The van der Waals surface area contributed by atoms with E-state index in [4.69, 9.17) is 0 Å². The molecule has 21 heavy (non-hydrogen) atoms. The molecule has 2 N–H and O–H groups in total. The van der Waals surface area contributed by atoms with Crippen LogP contribution in [-0.2, 0) is 9.59 Å². The second kappa shape index (κ2) is 6.75. The maximum atomic E-state index is 12.6. The molecule has 0 bridgehead atoms. The summed E-state index contributed by atoms with van der Waals surface area (Å²) in [7, 11) is 0. The fourth-order valence-corrected chi connectivity index (χ4v) is 3.21. The lowest BCUT2D eigenvalue weighted by atomic mass is 10.1. The minimum Gasteiger partial charge on any atom is -0.355 e. The van der Waals surface area contributed by atoms with E-state index >= 15 is 0 Å². The summed E-state index contributed by atoms with van der Waals surface area (Å²) < 4.78 is 0. The van der Waals surface area contributed by atoms with Crippen molar-refractivity contribution in [1.29, 1.82) is 0 Å². The molecule has 0 aromatic rings. The predicted octanol–water partition coefficient (Wildman–Crippen LogP) is -0.591. The number of nitrogens with zero attached hydrogens (tertiary/aromatic N) is 2. The Balaban J connectivity index is 1.49. The van der Waals surface area contributed by atoms with E-state index in [0.29, 0.717) is 12.5 Å². The van der Waals surface area contributed by atoms with Gasteiger partial charge in [0.2, 0.25) is 11.8 Å². The van der Waals surface area contributed by atoms with E-state index in [1.54, 1.807) is 0 Å². The number of rotatable bonds is 5. The predicted molar refractivity (Wildman–Crippen MR) is 79.8 cm³/mol. The number of nitrogens with one attached hydrogen (secondary N) is 2. The second-order valence-electron chi connectivity index (χ2n) is 6.45. The molecule has 6 heteroatoms. The van der Waals surface area contributed by atoms with Crippen molar-refractivity contribution in [3.63, 3.8) is 0 Å². The average molecular weight is 294 g/mol. The number of hydrogen-bond acceptors (Lipinski definition) is 4. The lowest BCUT2D eigenvalue weighted by Gasteiger charge is -2.32. The van der Waals surface area contributed by atoms with E-state index in [0.717, 1.165) is 52.1 Å². The Bertz CT molecular complexity index is 391. The van der Waals surface area contributed by atoms with Gasteiger partial charge in [0.25, 0.3) is 0 Å². The first-order valence-electron chi connectivity index (χ1n) is 8.24. The minimum atomic E-state index is -0.0882. The summed E-state index contributed by atoms with van der Waals surface area (Å²) in [5, 5.41) is 6.26. The fourth-order valence-electron chi connectivity index (χ4n) is 3.21. The molecule has 1 saturated carbocycles. The van der Waals surface area contributed by atoms with Gasteiger partial charge in [-0.15, -0.1) is 0 Å². The van der Waals surface area contributed by atoms with Crippen molar-refractivity contribution >= 4 is 11.8 Å². The first-order chi connectivity index (χ1) is 10.2. The third-order valence-electron chi connectivity index (χ3n) is 4.71. The molecule has 1 atom stereocenters. The zero-order chi connectivity index (χ0) is 14.7. The van der Waals surface area contributed by atoms with Gasteiger partial charge in [-0.2, -0.15) is 0 Å². The Labute approximate surface area is 126 Å². The van der Waals surface area contributed by atoms with Crippen LogP contribution in [-0.4, -0.2) is 73.5 Å². The summed E-state index contributed by atoms with van der Waals surface area (Å²) in [6.07, 6.45) is 4.39. The summed E-state index contributed by atoms with van der Waals surface area (Å²) in [6, 6.07) is -0.0882. The van der Waals surface area contributed by atoms with Crippen LogP contribution in [0.15, 0.2) is 0 Å². The van der Waals surface area contributed by atoms with Crippen LogP contribution in [0.3, 0.4) is 0 Å². The standard InChI is InChI=1S/C15H26N4O2/c20-14(17-10-12-3-4-12)11-19-7-1-2-13(19)15(21)18-8-5-16-6-9-18/h12-13,16H,1-11H2,(H,17,20). The third kappa shape index (κ3) is 3.95. The molecular weight excluding hydrogens is 268 g/mol. The normalized spacial score (nSPS) is 26.9. The molecule has 3 rings (SSSR count). The quantitative estimate of drug-likeness (QED) is 0.711. The van der Waals surface area contributed by atoms with Gasteiger partial charge in [-0.3, -0.25) is 14.5 Å². The van der Waals surface area contributed by atoms with Crippen molar-refractivity contribution in [3.05, 3.63) is 0 Å². The number of likely N-dealkylation sites (tertiary alicyclic amines) is 1. The zero-order valence-electron chi connectivity index (χ0n) is 12.6. The van der Waals surface area contributed by atoms with E-state index in [1.807, 2.05) is 4.90 Å². The molecule has 0 radical (unpaired) electrons. The van der Waals surface area contributed by atoms with Gasteiger partial charge < -0.3 is 15.5 Å². The van der Waals surface area contributed by atoms with Crippen LogP contribution >= 0.6 is 0 Å². The van der Waals surface area contributed by atoms with Gasteiger partial charge in [-0.05, 0) is 38.1 Å². The number of carbonyl (C=O) groups is 2. The number of carbonyl (C=O) groups excluding carboxylic acids is 2. The topological polar surface area (TPSA) is 64.7 Å². The van der Waals surface area contributed by atoms with Crippen molar-refractivity contribution < 1.29 is 9.59 Å². The summed E-state index contributed by atoms with van der Waals surface area (Å²) in [5.41, 5.74) is 0. The molecule has 0 aromatic carbocycles. The smallest absolute Gasteiger partial charge is 0.240 e. The second-order valence-corrected chi connectivity index (χ2v) is 6.45. The largest absolute Gasteiger partial charge is 0.355 e. The van der Waals surface area contributed by atoms with Crippen LogP contribution in [0.4, 0.5) is 0 Å². The molecule has 2 heterocycles. The molecule has 0 spiro atoms. The van der Waals surface area contributed by atoms with Crippen LogP contribution < -0.4 is 10.6 Å². The summed E-state index contributed by atoms with van der Waals surface area (Å²) in [4.78, 5) is 28.6. The highest BCUT2D eigenvalue weighted by Crippen LogP contribution is 2.27. The maximum Gasteiger partial charge on any atom is 0.240 e. The van der Waals surface area contributed by atoms with Gasteiger partial charge in [-0.25, -0.2) is 0 Å². The first-order valence-corrected chi connectivity index (χ1v) is 8.24. The summed E-state index contributed by atoms with van der Waals surface area (Å²) in [6.45, 7) is 5.37. The van der Waals surface area contributed by atoms with Crippen molar-refractivity contribution in [2.75, 3.05) is 45.8 Å². The molecule has 6 nitrogen and oxygen atoms in total. The van der Waals surface area contributed by atoms with Crippen molar-refractivity contribution in [1.82, 2.24) is 20.4 Å². The van der Waals surface area contributed by atoms with Crippen molar-refractivity contribution in [2.45, 2.75) is 31.7 Å². The Hall–Kier alpha value is -1.14. The SMILES string of the molecule is O=C(CN1CCCC1C(=O)N1CCNCC1)NCC1CC1. The molecule has 2 aliphatic heterocycles. The van der Waals surface area contributed by atoms with E-state index in [9.17, 15) is 9.59 Å². The van der Waals surface area contributed by atoms with E-state index in [1.165, 1.54) is 12.8 Å². The van der Waals surface area contributed by atoms with E-state index < -0.39 is 0 Å². The highest BCUT2D eigenvalue weighted by atomic mass is 16.2. The lowest BCUT2D eigenvalue weighted by molar-refractivity contribution is -0.137. The third-order valence-corrected chi connectivity index (χ3v) is 4.71. The maximum absolute atomic E-state index is 12.6. The molecule has 0 aromatic heterocycles. The Morgan fingerprint density at radius 1 is 1.10 bits per heavy atom. The molecule has 1 aliphatic carbocycles. The average Bonchev–Trinajstić information content (AvgIpc) is 3.24. The van der Waals surface area contributed by atoms with Gasteiger partial charge >= 0.3 is 0 Å². The Kier molecular flexibility index (Phi) is 4.75. The molecule has 1 unspecified atom stereocenters. The first kappa shape index (κ1) is 14.8. The molecule has 118 valence electrons. The monoisotopic (exact) mass is 294 g/mol.